The van der Waals surface area contributed by atoms with E-state index in [1.807, 2.05) is 38.1 Å². The maximum Gasteiger partial charge on any atom is 0.300 e. The summed E-state index contributed by atoms with van der Waals surface area (Å²) in [7, 11) is 0. The molecule has 202 valence electrons. The normalized spacial score (nSPS) is 10.7. The fraction of sp³-hybridized carbons (Fsp3) is 0.367. The van der Waals surface area contributed by atoms with Crippen molar-refractivity contribution in [2.45, 2.75) is 59.3 Å². The maximum absolute atomic E-state index is 9.00. The second kappa shape index (κ2) is 14.0. The number of nitrogens with zero attached hydrogens (tertiary/aromatic N) is 2. The molecule has 0 saturated carbocycles. The first-order valence-electron chi connectivity index (χ1n) is 13.2. The molecule has 38 heavy (non-hydrogen) atoms. The molecular weight excluding hydrogens is 476 g/mol. The van der Waals surface area contributed by atoms with Crippen molar-refractivity contribution in [1.82, 2.24) is 9.97 Å². The van der Waals surface area contributed by atoms with Crippen molar-refractivity contribution in [3.63, 3.8) is 0 Å². The number of benzene rings is 2. The van der Waals surface area contributed by atoms with Gasteiger partial charge in [0.15, 0.2) is 0 Å². The van der Waals surface area contributed by atoms with Gasteiger partial charge in [-0.1, -0.05) is 25.7 Å². The van der Waals surface area contributed by atoms with Gasteiger partial charge in [-0.05, 0) is 75.2 Å². The number of nitrogen functional groups attached to an aromatic ring is 2. The zero-order valence-electron chi connectivity index (χ0n) is 22.7. The molecule has 0 atom stereocenters. The molecule has 0 bridgehead atoms. The summed E-state index contributed by atoms with van der Waals surface area (Å²) in [6.45, 7) is 7.08. The molecule has 2 aromatic carbocycles. The molecule has 0 aliphatic rings. The number of aryl methyl sites for hydroxylation is 2. The molecule has 4 rings (SSSR count). The molecule has 0 aliphatic heterocycles. The lowest BCUT2D eigenvalue weighted by molar-refractivity contribution is -0.134. The molecule has 0 saturated heterocycles. The third kappa shape index (κ3) is 8.80. The third-order valence-electron chi connectivity index (χ3n) is 6.16. The molecule has 2 aromatic heterocycles. The lowest BCUT2D eigenvalue weighted by atomic mass is 10.1. The van der Waals surface area contributed by atoms with Gasteiger partial charge in [-0.3, -0.25) is 14.8 Å². The standard InChI is InChI=1S/C28H36N6.C2H4O2/c1-19-15-25(23-11-9-21(29)17-27(23)33-19)31-13-7-5-3-4-6-8-14-32-26-16-20(2)34-28-18-22(30)10-12-24(26)28;1-2(3)4/h9-12,15-18H,3-8,13-14,29-30H2,1-2H3,(H,31,33)(H,32,34);1H3,(H,3,4). The second-order valence-corrected chi connectivity index (χ2v) is 9.67. The van der Waals surface area contributed by atoms with Crippen LogP contribution in [0.2, 0.25) is 0 Å². The van der Waals surface area contributed by atoms with Crippen molar-refractivity contribution in [2.24, 2.45) is 0 Å². The average Bonchev–Trinajstić information content (AvgIpc) is 2.83. The number of nitrogens with two attached hydrogens (primary N) is 2. The number of hydrogen-bond donors (Lipinski definition) is 5. The van der Waals surface area contributed by atoms with Crippen LogP contribution in [0.15, 0.2) is 48.5 Å². The van der Waals surface area contributed by atoms with Crippen LogP contribution in [-0.2, 0) is 4.79 Å². The van der Waals surface area contributed by atoms with Gasteiger partial charge in [0.1, 0.15) is 0 Å². The Morgan fingerprint density at radius 3 is 1.47 bits per heavy atom. The Balaban J connectivity index is 0.000000934. The molecule has 0 amide bonds. The van der Waals surface area contributed by atoms with Gasteiger partial charge < -0.3 is 27.2 Å². The van der Waals surface area contributed by atoms with Gasteiger partial charge in [0.2, 0.25) is 0 Å². The van der Waals surface area contributed by atoms with E-state index in [1.54, 1.807) is 0 Å². The Bertz CT molecular complexity index is 1260. The van der Waals surface area contributed by atoms with Crippen molar-refractivity contribution in [1.29, 1.82) is 0 Å². The highest BCUT2D eigenvalue weighted by molar-refractivity contribution is 5.94. The monoisotopic (exact) mass is 516 g/mol. The SMILES string of the molecule is CC(=O)O.Cc1cc(NCCCCCCCCNc2cc(C)nc3cc(N)ccc23)c2ccc(N)cc2n1. The molecule has 0 spiro atoms. The highest BCUT2D eigenvalue weighted by atomic mass is 16.4. The first-order valence-corrected chi connectivity index (χ1v) is 13.2. The zero-order chi connectivity index (χ0) is 27.5. The van der Waals surface area contributed by atoms with Crippen LogP contribution in [0.3, 0.4) is 0 Å². The summed E-state index contributed by atoms with van der Waals surface area (Å²) in [5.41, 5.74) is 19.5. The van der Waals surface area contributed by atoms with Crippen molar-refractivity contribution in [3.8, 4) is 0 Å². The number of unbranched alkanes of at least 4 members (excludes halogenated alkanes) is 5. The number of carboxylic acids is 1. The summed E-state index contributed by atoms with van der Waals surface area (Å²) in [5, 5.41) is 16.9. The van der Waals surface area contributed by atoms with E-state index in [-0.39, 0.29) is 0 Å². The van der Waals surface area contributed by atoms with Gasteiger partial charge >= 0.3 is 0 Å². The lowest BCUT2D eigenvalue weighted by Crippen LogP contribution is -2.04. The van der Waals surface area contributed by atoms with E-state index < -0.39 is 5.97 Å². The summed E-state index contributed by atoms with van der Waals surface area (Å²) >= 11 is 0. The Morgan fingerprint density at radius 2 is 1.08 bits per heavy atom. The van der Waals surface area contributed by atoms with Gasteiger partial charge in [0.05, 0.1) is 11.0 Å². The van der Waals surface area contributed by atoms with E-state index in [1.165, 1.54) is 38.5 Å². The molecule has 8 nitrogen and oxygen atoms in total. The number of carboxylic acid groups (broad SMARTS) is 1. The molecule has 0 fully saturated rings. The number of aliphatic carboxylic acids is 1. The predicted molar refractivity (Wildman–Crippen MR) is 160 cm³/mol. The number of carbonyl (C=O) groups is 1. The predicted octanol–water partition coefficient (Wildman–Crippen LogP) is 6.52. The molecule has 4 aromatic rings. The minimum atomic E-state index is -0.833. The van der Waals surface area contributed by atoms with Crippen molar-refractivity contribution in [2.75, 3.05) is 35.2 Å². The van der Waals surface area contributed by atoms with E-state index in [9.17, 15) is 0 Å². The molecule has 0 unspecified atom stereocenters. The van der Waals surface area contributed by atoms with E-state index in [0.29, 0.717) is 0 Å². The molecule has 8 heteroatoms. The van der Waals surface area contributed by atoms with Gasteiger partial charge in [-0.2, -0.15) is 0 Å². The summed E-state index contributed by atoms with van der Waals surface area (Å²) in [4.78, 5) is 18.2. The van der Waals surface area contributed by atoms with E-state index >= 15 is 0 Å². The van der Waals surface area contributed by atoms with Crippen LogP contribution in [0.1, 0.15) is 56.8 Å². The fourth-order valence-corrected chi connectivity index (χ4v) is 4.45. The molecule has 0 aliphatic carbocycles. The number of hydrogen-bond acceptors (Lipinski definition) is 7. The Hall–Kier alpha value is -4.07. The lowest BCUT2D eigenvalue weighted by Gasteiger charge is -2.12. The minimum absolute atomic E-state index is 0.751. The summed E-state index contributed by atoms with van der Waals surface area (Å²) < 4.78 is 0. The maximum atomic E-state index is 9.00. The van der Waals surface area contributed by atoms with Crippen LogP contribution in [0.4, 0.5) is 22.7 Å². The van der Waals surface area contributed by atoms with Crippen LogP contribution in [0.5, 0.6) is 0 Å². The number of nitrogens with one attached hydrogen (secondary N) is 2. The highest BCUT2D eigenvalue weighted by Crippen LogP contribution is 2.26. The van der Waals surface area contributed by atoms with Crippen molar-refractivity contribution in [3.05, 3.63) is 59.9 Å². The van der Waals surface area contributed by atoms with E-state index in [2.05, 4.69) is 44.9 Å². The molecule has 0 radical (unpaired) electrons. The first-order chi connectivity index (χ1) is 18.2. The second-order valence-electron chi connectivity index (χ2n) is 9.67. The van der Waals surface area contributed by atoms with Gasteiger partial charge in [0.25, 0.3) is 5.97 Å². The van der Waals surface area contributed by atoms with E-state index in [0.717, 1.165) is 76.0 Å². The third-order valence-corrected chi connectivity index (χ3v) is 6.16. The summed E-state index contributed by atoms with van der Waals surface area (Å²) in [5.74, 6) is -0.833. The Kier molecular flexibility index (Phi) is 10.5. The number of fused-ring (bicyclic) bond motifs is 2. The highest BCUT2D eigenvalue weighted by Gasteiger charge is 2.05. The summed E-state index contributed by atoms with van der Waals surface area (Å²) in [6, 6.07) is 16.1. The molecule has 2 heterocycles. The van der Waals surface area contributed by atoms with Crippen LogP contribution in [0, 0.1) is 13.8 Å². The number of rotatable bonds is 11. The Labute approximate surface area is 224 Å². The van der Waals surface area contributed by atoms with Crippen LogP contribution >= 0.6 is 0 Å². The van der Waals surface area contributed by atoms with E-state index in [4.69, 9.17) is 21.4 Å². The van der Waals surface area contributed by atoms with Gasteiger partial charge in [0, 0.05) is 64.9 Å². The van der Waals surface area contributed by atoms with Gasteiger partial charge in [-0.25, -0.2) is 0 Å². The number of aromatic nitrogens is 2. The minimum Gasteiger partial charge on any atom is -0.481 e. The largest absolute Gasteiger partial charge is 0.481 e. The zero-order valence-corrected chi connectivity index (χ0v) is 22.7. The topological polar surface area (TPSA) is 139 Å². The number of anilines is 4. The number of pyridine rings is 2. The average molecular weight is 517 g/mol. The van der Waals surface area contributed by atoms with Gasteiger partial charge in [-0.15, -0.1) is 0 Å². The van der Waals surface area contributed by atoms with Crippen LogP contribution in [-0.4, -0.2) is 34.1 Å². The van der Waals surface area contributed by atoms with Crippen LogP contribution < -0.4 is 22.1 Å². The fourth-order valence-electron chi connectivity index (χ4n) is 4.45. The van der Waals surface area contributed by atoms with Crippen molar-refractivity contribution < 1.29 is 9.90 Å². The molecule has 7 N–H and O–H groups in total. The first kappa shape index (κ1) is 28.5. The molecular formula is C30H40N6O2. The van der Waals surface area contributed by atoms with Crippen LogP contribution in [0.25, 0.3) is 21.8 Å². The Morgan fingerprint density at radius 1 is 0.711 bits per heavy atom. The quantitative estimate of drug-likeness (QED) is 0.112. The van der Waals surface area contributed by atoms with Crippen molar-refractivity contribution >= 4 is 50.5 Å². The summed E-state index contributed by atoms with van der Waals surface area (Å²) in [6.07, 6.45) is 7.36. The smallest absolute Gasteiger partial charge is 0.300 e.